The van der Waals surface area contributed by atoms with Crippen LogP contribution >= 0.6 is 0 Å². The summed E-state index contributed by atoms with van der Waals surface area (Å²) in [6.45, 7) is 6.58. The van der Waals surface area contributed by atoms with Crippen molar-refractivity contribution in [1.82, 2.24) is 45.3 Å². The molecular formula is C67H99N9O9. The van der Waals surface area contributed by atoms with Gasteiger partial charge in [0, 0.05) is 51.6 Å². The van der Waals surface area contributed by atoms with Crippen molar-refractivity contribution in [2.45, 2.75) is 289 Å². The first kappa shape index (κ1) is 62.2. The first-order chi connectivity index (χ1) is 41.6. The number of ether oxygens (including phenoxy) is 3. The van der Waals surface area contributed by atoms with Crippen LogP contribution in [-0.4, -0.2) is 96.9 Å². The summed E-state index contributed by atoms with van der Waals surface area (Å²) < 4.78 is 22.2. The summed E-state index contributed by atoms with van der Waals surface area (Å²) >= 11 is 0. The van der Waals surface area contributed by atoms with E-state index < -0.39 is 0 Å². The smallest absolute Gasteiger partial charge is 0.335 e. The first-order valence-corrected chi connectivity index (χ1v) is 34.0. The lowest BCUT2D eigenvalue weighted by molar-refractivity contribution is -0.150. The molecule has 85 heavy (non-hydrogen) atoms. The number of carbonyl (C=O) groups excluding carboxylic acids is 6. The summed E-state index contributed by atoms with van der Waals surface area (Å²) in [5, 5.41) is 23.9. The molecule has 18 heteroatoms. The van der Waals surface area contributed by atoms with E-state index in [0.717, 1.165) is 144 Å². The van der Waals surface area contributed by atoms with Gasteiger partial charge in [0.15, 0.2) is 17.1 Å². The fourth-order valence-electron chi connectivity index (χ4n) is 15.8. The van der Waals surface area contributed by atoms with Gasteiger partial charge in [0.25, 0.3) is 17.7 Å². The molecule has 5 fully saturated rings. The van der Waals surface area contributed by atoms with E-state index in [4.69, 9.17) is 29.5 Å². The van der Waals surface area contributed by atoms with Gasteiger partial charge >= 0.3 is 17.9 Å². The van der Waals surface area contributed by atoms with Gasteiger partial charge < -0.3 is 30.2 Å². The standard InChI is InChI=1S/C23H35N3O3.C22H33N3O3.C22H31N3O3/c1-2-29-23(28)17-12-6-8-14-19(17)24-22(27)21-18-13-7-9-15-20(18)26(25-21)16-10-4-3-5-11-16;2*1-2-28-22(27)16-12-8-13-18(16)23-21(26)20-17-11-6-7-14-19(17)25(24-20)15-9-4-3-5-10-15/h16-17,19H,2-15H2,1H3,(H,24,27);15-16,18H,2-14H2,1H3,(H,23,26);15H,2-14H2,1H3,(H,23,26)/t17-,19-;16-,18+;/m00./s1. The predicted molar refractivity (Wildman–Crippen MR) is 323 cm³/mol. The maximum absolute atomic E-state index is 13.3. The highest BCUT2D eigenvalue weighted by atomic mass is 16.5. The number of carbonyl (C=O) groups is 6. The molecule has 0 saturated heterocycles. The van der Waals surface area contributed by atoms with Gasteiger partial charge in [-0.15, -0.1) is 0 Å². The Bertz CT molecular complexity index is 2840. The fraction of sp³-hybridized carbons (Fsp3) is 0.746. The first-order valence-electron chi connectivity index (χ1n) is 34.0. The quantitative estimate of drug-likeness (QED) is 0.0956. The molecule has 9 aliphatic rings. The van der Waals surface area contributed by atoms with Gasteiger partial charge in [0.05, 0.1) is 55.4 Å². The Morgan fingerprint density at radius 2 is 0.753 bits per heavy atom. The molecule has 0 aromatic carbocycles. The minimum atomic E-state index is -0.301. The average molecular weight is 1170 g/mol. The van der Waals surface area contributed by atoms with Crippen LogP contribution in [0.1, 0.15) is 303 Å². The summed E-state index contributed by atoms with van der Waals surface area (Å²) in [6, 6.07) is 1.04. The molecule has 0 spiro atoms. The van der Waals surface area contributed by atoms with Crippen LogP contribution in [0.25, 0.3) is 0 Å². The molecule has 3 amide bonds. The van der Waals surface area contributed by atoms with Crippen LogP contribution in [0.15, 0.2) is 11.3 Å². The SMILES string of the molecule is CCOC(=O)C1=C(NC(=O)c2nn(C3CCCCC3)c3c2CCCC3)CCC1.CCOC(=O)[C@H]1CCCC[C@@H]1NC(=O)c1nn(C2CCCCC2)c2c1CCCC2.CCOC(=O)[C@H]1CCC[C@H]1NC(=O)c1nn(C2CCCCC2)c2c1CCCC2. The van der Waals surface area contributed by atoms with Crippen molar-refractivity contribution in [3.05, 3.63) is 62.1 Å². The Morgan fingerprint density at radius 1 is 0.388 bits per heavy atom. The molecule has 3 aromatic heterocycles. The average Bonchev–Trinajstić information content (AvgIpc) is 2.68. The predicted octanol–water partition coefficient (Wildman–Crippen LogP) is 11.8. The number of fused-ring (bicyclic) bond motifs is 3. The van der Waals surface area contributed by atoms with Crippen molar-refractivity contribution in [2.24, 2.45) is 11.8 Å². The second-order valence-electron chi connectivity index (χ2n) is 25.7. The third kappa shape index (κ3) is 14.8. The van der Waals surface area contributed by atoms with Gasteiger partial charge in [-0.05, 0) is 181 Å². The molecule has 3 aromatic rings. The third-order valence-electron chi connectivity index (χ3n) is 20.1. The van der Waals surface area contributed by atoms with Crippen LogP contribution in [0, 0.1) is 11.8 Å². The highest BCUT2D eigenvalue weighted by Gasteiger charge is 2.39. The molecule has 12 rings (SSSR count). The monoisotopic (exact) mass is 1170 g/mol. The van der Waals surface area contributed by atoms with Crippen LogP contribution in [0.3, 0.4) is 0 Å². The number of aromatic nitrogens is 6. The van der Waals surface area contributed by atoms with E-state index in [2.05, 4.69) is 30.0 Å². The summed E-state index contributed by atoms with van der Waals surface area (Å²) in [7, 11) is 0. The number of hydrogen-bond acceptors (Lipinski definition) is 12. The van der Waals surface area contributed by atoms with Crippen LogP contribution in [0.5, 0.6) is 0 Å². The third-order valence-corrected chi connectivity index (χ3v) is 20.1. The zero-order chi connectivity index (χ0) is 59.2. The van der Waals surface area contributed by atoms with Crippen LogP contribution in [-0.2, 0) is 67.1 Å². The molecule has 0 bridgehead atoms. The summed E-state index contributed by atoms with van der Waals surface area (Å²) in [5.74, 6) is -1.47. The maximum Gasteiger partial charge on any atom is 0.335 e. The van der Waals surface area contributed by atoms with E-state index in [9.17, 15) is 28.8 Å². The molecule has 5 saturated carbocycles. The number of esters is 3. The van der Waals surface area contributed by atoms with E-state index in [1.165, 1.54) is 120 Å². The summed E-state index contributed by atoms with van der Waals surface area (Å²) in [4.78, 5) is 76.3. The fourth-order valence-corrected chi connectivity index (χ4v) is 15.8. The van der Waals surface area contributed by atoms with Gasteiger partial charge in [-0.1, -0.05) is 77.0 Å². The Morgan fingerprint density at radius 3 is 1.18 bits per heavy atom. The number of hydrogen-bond donors (Lipinski definition) is 3. The zero-order valence-electron chi connectivity index (χ0n) is 51.7. The lowest BCUT2D eigenvalue weighted by Gasteiger charge is -2.30. The van der Waals surface area contributed by atoms with E-state index in [1.807, 2.05) is 13.8 Å². The largest absolute Gasteiger partial charge is 0.466 e. The Kier molecular flexibility index (Phi) is 22.1. The second-order valence-corrected chi connectivity index (χ2v) is 25.7. The van der Waals surface area contributed by atoms with E-state index >= 15 is 0 Å². The minimum Gasteiger partial charge on any atom is -0.466 e. The molecule has 466 valence electrons. The number of nitrogens with one attached hydrogen (secondary N) is 3. The van der Waals surface area contributed by atoms with Gasteiger partial charge in [-0.3, -0.25) is 38.0 Å². The molecule has 0 aliphatic heterocycles. The van der Waals surface area contributed by atoms with E-state index in [1.54, 1.807) is 6.92 Å². The highest BCUT2D eigenvalue weighted by molar-refractivity contribution is 5.98. The van der Waals surface area contributed by atoms with Crippen molar-refractivity contribution < 1.29 is 43.0 Å². The summed E-state index contributed by atoms with van der Waals surface area (Å²) in [6.07, 6.45) is 39.7. The molecule has 0 unspecified atom stereocenters. The zero-order valence-corrected chi connectivity index (χ0v) is 51.7. The van der Waals surface area contributed by atoms with Gasteiger partial charge in [0.2, 0.25) is 0 Å². The molecule has 4 atom stereocenters. The molecule has 3 N–H and O–H groups in total. The molecule has 9 aliphatic carbocycles. The van der Waals surface area contributed by atoms with Crippen molar-refractivity contribution >= 4 is 35.6 Å². The number of nitrogens with zero attached hydrogens (tertiary/aromatic N) is 6. The van der Waals surface area contributed by atoms with Crippen LogP contribution < -0.4 is 16.0 Å². The molecular weight excluding hydrogens is 1070 g/mol. The van der Waals surface area contributed by atoms with Crippen molar-refractivity contribution in [1.29, 1.82) is 0 Å². The maximum atomic E-state index is 13.3. The lowest BCUT2D eigenvalue weighted by atomic mass is 9.84. The Hall–Kier alpha value is -5.81. The van der Waals surface area contributed by atoms with Crippen molar-refractivity contribution in [2.75, 3.05) is 19.8 Å². The minimum absolute atomic E-state index is 0.0982. The topological polar surface area (TPSA) is 220 Å². The van der Waals surface area contributed by atoms with Gasteiger partial charge in [0.1, 0.15) is 0 Å². The number of amides is 3. The number of rotatable bonds is 15. The van der Waals surface area contributed by atoms with Gasteiger partial charge in [-0.25, -0.2) is 4.79 Å². The van der Waals surface area contributed by atoms with Crippen LogP contribution in [0.4, 0.5) is 0 Å². The van der Waals surface area contributed by atoms with E-state index in [0.29, 0.717) is 73.4 Å². The summed E-state index contributed by atoms with van der Waals surface area (Å²) in [5.41, 5.74) is 10.4. The normalized spacial score (nSPS) is 23.6. The highest BCUT2D eigenvalue weighted by Crippen LogP contribution is 2.38. The van der Waals surface area contributed by atoms with Crippen molar-refractivity contribution in [3.8, 4) is 0 Å². The van der Waals surface area contributed by atoms with Crippen molar-refractivity contribution in [3.63, 3.8) is 0 Å². The Labute approximate surface area is 504 Å². The lowest BCUT2D eigenvalue weighted by Crippen LogP contribution is -2.46. The van der Waals surface area contributed by atoms with E-state index in [-0.39, 0.29) is 59.5 Å². The van der Waals surface area contributed by atoms with Gasteiger partial charge in [-0.2, -0.15) is 15.3 Å². The van der Waals surface area contributed by atoms with Crippen LogP contribution in [0.2, 0.25) is 0 Å². The second kappa shape index (κ2) is 30.2. The molecule has 3 heterocycles. The number of allylic oxidation sites excluding steroid dienone is 1. The Balaban J connectivity index is 0.000000142. The molecule has 18 nitrogen and oxygen atoms in total. The molecule has 0 radical (unpaired) electrons.